The molecule has 3 aromatic rings. The zero-order valence-electron chi connectivity index (χ0n) is 13.8. The number of thiophene rings is 1. The Bertz CT molecular complexity index is 849. The lowest BCUT2D eigenvalue weighted by molar-refractivity contribution is 0.0691. The fourth-order valence-electron chi connectivity index (χ4n) is 2.61. The number of hydrogen-bond donors (Lipinski definition) is 1. The van der Waals surface area contributed by atoms with Crippen LogP contribution in [0.15, 0.2) is 53.9 Å². The van der Waals surface area contributed by atoms with Crippen LogP contribution in [-0.4, -0.2) is 36.2 Å². The Morgan fingerprint density at radius 1 is 1.16 bits per heavy atom. The molecule has 132 valence electrons. The van der Waals surface area contributed by atoms with E-state index in [0.29, 0.717) is 12.4 Å². The first-order valence-corrected chi connectivity index (χ1v) is 8.62. The highest BCUT2D eigenvalue weighted by Gasteiger charge is 2.11. The van der Waals surface area contributed by atoms with E-state index in [1.165, 1.54) is 15.6 Å². The van der Waals surface area contributed by atoms with Gasteiger partial charge in [0.2, 0.25) is 0 Å². The van der Waals surface area contributed by atoms with Crippen molar-refractivity contribution < 1.29 is 14.6 Å². The summed E-state index contributed by atoms with van der Waals surface area (Å²) in [5.41, 5.74) is 1.51. The van der Waals surface area contributed by atoms with Crippen LogP contribution in [-0.2, 0) is 6.54 Å². The number of fused-ring (bicyclic) bond motifs is 1. The summed E-state index contributed by atoms with van der Waals surface area (Å²) in [6.07, 6.45) is 0. The van der Waals surface area contributed by atoms with E-state index in [1.54, 1.807) is 35.6 Å². The van der Waals surface area contributed by atoms with Gasteiger partial charge in [0.25, 0.3) is 0 Å². The third-order valence-corrected chi connectivity index (χ3v) is 4.86. The monoisotopic (exact) mass is 377 g/mol. The summed E-state index contributed by atoms with van der Waals surface area (Å²) < 4.78 is 6.95. The maximum atomic E-state index is 11.2. The van der Waals surface area contributed by atoms with Crippen molar-refractivity contribution in [3.05, 3.63) is 65.0 Å². The lowest BCUT2D eigenvalue weighted by Gasteiger charge is -2.17. The van der Waals surface area contributed by atoms with Gasteiger partial charge in [-0.3, -0.25) is 4.90 Å². The lowest BCUT2D eigenvalue weighted by atomic mass is 10.2. The number of carbonyl (C=O) groups is 1. The first-order valence-electron chi connectivity index (χ1n) is 7.74. The van der Waals surface area contributed by atoms with Crippen LogP contribution in [0, 0.1) is 0 Å². The van der Waals surface area contributed by atoms with Gasteiger partial charge in [0, 0.05) is 17.8 Å². The quantitative estimate of drug-likeness (QED) is 0.657. The van der Waals surface area contributed by atoms with Gasteiger partial charge in [-0.2, -0.15) is 0 Å². The molecule has 0 atom stereocenters. The molecule has 1 aromatic heterocycles. The number of nitrogens with zero attached hydrogens (tertiary/aromatic N) is 1. The predicted molar refractivity (Wildman–Crippen MR) is 104 cm³/mol. The number of para-hydroxylation sites is 1. The van der Waals surface area contributed by atoms with Gasteiger partial charge in [0.15, 0.2) is 0 Å². The Balaban J connectivity index is 0.00000225. The molecule has 0 saturated heterocycles. The molecule has 25 heavy (non-hydrogen) atoms. The van der Waals surface area contributed by atoms with Crippen molar-refractivity contribution >= 4 is 39.8 Å². The van der Waals surface area contributed by atoms with Crippen molar-refractivity contribution in [1.82, 2.24) is 4.90 Å². The maximum absolute atomic E-state index is 11.2. The lowest BCUT2D eigenvalue weighted by Crippen LogP contribution is -2.24. The second-order valence-electron chi connectivity index (χ2n) is 5.64. The third kappa shape index (κ3) is 4.72. The Hall–Kier alpha value is -2.08. The minimum Gasteiger partial charge on any atom is -0.491 e. The average Bonchev–Trinajstić information content (AvgIpc) is 2.98. The standard InChI is InChI=1S/C19H19NO3S.ClH/c1-20(12-14-13-24-18-9-5-3-6-15(14)18)10-11-23-17-8-4-2-7-16(17)19(21)22;/h2-9,13H,10-12H2,1H3,(H,21,22);1H. The zero-order chi connectivity index (χ0) is 16.9. The molecule has 1 N–H and O–H groups in total. The van der Waals surface area contributed by atoms with Crippen LogP contribution in [0.2, 0.25) is 0 Å². The van der Waals surface area contributed by atoms with Crippen LogP contribution in [0.1, 0.15) is 15.9 Å². The molecule has 2 aromatic carbocycles. The van der Waals surface area contributed by atoms with Gasteiger partial charge in [-0.05, 0) is 41.6 Å². The van der Waals surface area contributed by atoms with Gasteiger partial charge in [0.1, 0.15) is 17.9 Å². The van der Waals surface area contributed by atoms with Gasteiger partial charge >= 0.3 is 5.97 Å². The van der Waals surface area contributed by atoms with Crippen molar-refractivity contribution in [3.63, 3.8) is 0 Å². The molecule has 0 spiro atoms. The summed E-state index contributed by atoms with van der Waals surface area (Å²) >= 11 is 1.76. The van der Waals surface area contributed by atoms with Gasteiger partial charge in [-0.15, -0.1) is 23.7 Å². The Morgan fingerprint density at radius 3 is 2.68 bits per heavy atom. The van der Waals surface area contributed by atoms with Crippen molar-refractivity contribution in [2.24, 2.45) is 0 Å². The van der Waals surface area contributed by atoms with E-state index < -0.39 is 5.97 Å². The van der Waals surface area contributed by atoms with Gasteiger partial charge in [0.05, 0.1) is 0 Å². The van der Waals surface area contributed by atoms with Crippen molar-refractivity contribution in [2.75, 3.05) is 20.2 Å². The second-order valence-corrected chi connectivity index (χ2v) is 6.56. The molecule has 3 rings (SSSR count). The molecular weight excluding hydrogens is 358 g/mol. The van der Waals surface area contributed by atoms with Crippen LogP contribution in [0.25, 0.3) is 10.1 Å². The Labute approximate surface area is 157 Å². The molecule has 0 radical (unpaired) electrons. The Kier molecular flexibility index (Phi) is 6.82. The molecule has 0 aliphatic heterocycles. The smallest absolute Gasteiger partial charge is 0.339 e. The first kappa shape index (κ1) is 19.2. The van der Waals surface area contributed by atoms with E-state index in [-0.39, 0.29) is 18.0 Å². The van der Waals surface area contributed by atoms with E-state index in [1.807, 2.05) is 7.05 Å². The molecule has 0 saturated carbocycles. The molecule has 0 aliphatic rings. The molecule has 4 nitrogen and oxygen atoms in total. The highest BCUT2D eigenvalue weighted by atomic mass is 35.5. The Morgan fingerprint density at radius 2 is 1.88 bits per heavy atom. The van der Waals surface area contributed by atoms with Gasteiger partial charge < -0.3 is 9.84 Å². The largest absolute Gasteiger partial charge is 0.491 e. The maximum Gasteiger partial charge on any atom is 0.339 e. The van der Waals surface area contributed by atoms with Crippen molar-refractivity contribution in [2.45, 2.75) is 6.54 Å². The summed E-state index contributed by atoms with van der Waals surface area (Å²) in [7, 11) is 2.04. The van der Waals surface area contributed by atoms with Crippen LogP contribution < -0.4 is 4.74 Å². The summed E-state index contributed by atoms with van der Waals surface area (Å²) in [6, 6.07) is 15.1. The van der Waals surface area contributed by atoms with Crippen LogP contribution >= 0.6 is 23.7 Å². The normalized spacial score (nSPS) is 10.6. The number of hydrogen-bond acceptors (Lipinski definition) is 4. The molecule has 6 heteroatoms. The molecule has 0 fully saturated rings. The number of carboxylic acids is 1. The molecule has 0 bridgehead atoms. The predicted octanol–water partition coefficient (Wildman–Crippen LogP) is 4.53. The fourth-order valence-corrected chi connectivity index (χ4v) is 3.56. The fraction of sp³-hybridized carbons (Fsp3) is 0.211. The number of ether oxygens (including phenoxy) is 1. The van der Waals surface area contributed by atoms with E-state index in [9.17, 15) is 4.79 Å². The van der Waals surface area contributed by atoms with Crippen molar-refractivity contribution in [3.8, 4) is 5.75 Å². The van der Waals surface area contributed by atoms with Crippen LogP contribution in [0.4, 0.5) is 0 Å². The number of carboxylic acid groups (broad SMARTS) is 1. The number of aromatic carboxylic acids is 1. The number of rotatable bonds is 7. The topological polar surface area (TPSA) is 49.8 Å². The highest BCUT2D eigenvalue weighted by molar-refractivity contribution is 7.17. The van der Waals surface area contributed by atoms with Gasteiger partial charge in [-0.1, -0.05) is 30.3 Å². The van der Waals surface area contributed by atoms with E-state index in [4.69, 9.17) is 9.84 Å². The molecule has 1 heterocycles. The minimum atomic E-state index is -0.969. The zero-order valence-corrected chi connectivity index (χ0v) is 15.5. The highest BCUT2D eigenvalue weighted by Crippen LogP contribution is 2.26. The van der Waals surface area contributed by atoms with Crippen molar-refractivity contribution in [1.29, 1.82) is 0 Å². The van der Waals surface area contributed by atoms with Crippen LogP contribution in [0.3, 0.4) is 0 Å². The summed E-state index contributed by atoms with van der Waals surface area (Å²) in [6.45, 7) is 2.01. The third-order valence-electron chi connectivity index (χ3n) is 3.85. The summed E-state index contributed by atoms with van der Waals surface area (Å²) in [5, 5.41) is 12.7. The molecule has 0 aliphatic carbocycles. The molecule has 0 unspecified atom stereocenters. The van der Waals surface area contributed by atoms with E-state index in [0.717, 1.165) is 13.1 Å². The van der Waals surface area contributed by atoms with E-state index >= 15 is 0 Å². The first-order chi connectivity index (χ1) is 11.6. The van der Waals surface area contributed by atoms with E-state index in [2.05, 4.69) is 34.5 Å². The van der Waals surface area contributed by atoms with Gasteiger partial charge in [-0.25, -0.2) is 4.79 Å². The average molecular weight is 378 g/mol. The number of halogens is 1. The number of likely N-dealkylation sites (N-methyl/N-ethyl adjacent to an activating group) is 1. The summed E-state index contributed by atoms with van der Waals surface area (Å²) in [5.74, 6) is -0.553. The minimum absolute atomic E-state index is 0. The number of benzene rings is 2. The molecular formula is C19H20ClNO3S. The SMILES string of the molecule is CN(CCOc1ccccc1C(=O)O)Cc1csc2ccccc12.Cl. The van der Waals surface area contributed by atoms with Crippen LogP contribution in [0.5, 0.6) is 5.75 Å². The summed E-state index contributed by atoms with van der Waals surface area (Å²) in [4.78, 5) is 13.3. The second kappa shape index (κ2) is 8.85. The molecule has 0 amide bonds.